The fourth-order valence-electron chi connectivity index (χ4n) is 3.09. The smallest absolute Gasteiger partial charge is 0.368 e. The van der Waals surface area contributed by atoms with E-state index >= 15 is 0 Å². The Morgan fingerprint density at radius 3 is 2.66 bits per heavy atom. The molecule has 0 radical (unpaired) electrons. The minimum Gasteiger partial charge on any atom is -0.368 e. The van der Waals surface area contributed by atoms with Crippen LogP contribution in [0.4, 0.5) is 18.9 Å². The molecule has 0 N–H and O–H groups in total. The van der Waals surface area contributed by atoms with Crippen molar-refractivity contribution in [2.24, 2.45) is 0 Å². The van der Waals surface area contributed by atoms with Crippen LogP contribution >= 0.6 is 11.8 Å². The average molecular weight is 422 g/mol. The van der Waals surface area contributed by atoms with E-state index in [0.29, 0.717) is 42.8 Å². The van der Waals surface area contributed by atoms with Crippen molar-refractivity contribution >= 4 is 29.1 Å². The third kappa shape index (κ3) is 4.44. The van der Waals surface area contributed by atoms with Crippen LogP contribution in [0.25, 0.3) is 5.78 Å². The molecule has 7 nitrogen and oxygen atoms in total. The lowest BCUT2D eigenvalue weighted by Crippen LogP contribution is -2.49. The topological polar surface area (TPSA) is 66.6 Å². The Morgan fingerprint density at radius 1 is 1.14 bits per heavy atom. The van der Waals surface area contributed by atoms with Crippen molar-refractivity contribution in [1.82, 2.24) is 24.5 Å². The largest absolute Gasteiger partial charge is 0.416 e. The predicted molar refractivity (Wildman–Crippen MR) is 102 cm³/mol. The van der Waals surface area contributed by atoms with Crippen LogP contribution in [0.1, 0.15) is 5.56 Å². The molecular formula is C18H17F3N6OS. The van der Waals surface area contributed by atoms with E-state index in [2.05, 4.69) is 15.1 Å². The number of nitrogens with zero attached hydrogens (tertiary/aromatic N) is 6. The van der Waals surface area contributed by atoms with Crippen LogP contribution in [0.3, 0.4) is 0 Å². The van der Waals surface area contributed by atoms with Crippen LogP contribution in [0.5, 0.6) is 0 Å². The first-order chi connectivity index (χ1) is 13.9. The highest BCUT2D eigenvalue weighted by Crippen LogP contribution is 2.31. The molecule has 3 aromatic rings. The normalized spacial score (nSPS) is 15.1. The quantitative estimate of drug-likeness (QED) is 0.602. The molecule has 0 bridgehead atoms. The summed E-state index contributed by atoms with van der Waals surface area (Å²) in [6, 6.07) is 7.01. The number of rotatable bonds is 4. The standard InChI is InChI=1S/C18H17F3N6OS/c19-18(20,21)13-3-1-4-14(11-13)25-7-9-26(10-8-25)15(28)12-29-17-23-16-22-5-2-6-27(16)24-17/h1-6,11H,7-10,12H2. The van der Waals surface area contributed by atoms with Gasteiger partial charge in [0.25, 0.3) is 5.78 Å². The first-order valence-electron chi connectivity index (χ1n) is 8.90. The van der Waals surface area contributed by atoms with Gasteiger partial charge in [0, 0.05) is 44.3 Å². The summed E-state index contributed by atoms with van der Waals surface area (Å²) in [5.74, 6) is 0.614. The Hall–Kier alpha value is -2.82. The summed E-state index contributed by atoms with van der Waals surface area (Å²) in [5.41, 5.74) is -0.151. The number of thioether (sulfide) groups is 1. The fraction of sp³-hybridized carbons (Fsp3) is 0.333. The summed E-state index contributed by atoms with van der Waals surface area (Å²) in [6.45, 7) is 1.87. The van der Waals surface area contributed by atoms with Crippen molar-refractivity contribution in [2.45, 2.75) is 11.3 Å². The number of hydrogen-bond acceptors (Lipinski definition) is 6. The molecule has 0 aliphatic carbocycles. The number of fused-ring (bicyclic) bond motifs is 1. The van der Waals surface area contributed by atoms with Gasteiger partial charge in [0.15, 0.2) is 0 Å². The van der Waals surface area contributed by atoms with Crippen molar-refractivity contribution in [3.8, 4) is 0 Å². The Bertz CT molecular complexity index is 983. The van der Waals surface area contributed by atoms with Gasteiger partial charge in [-0.3, -0.25) is 4.79 Å². The van der Waals surface area contributed by atoms with Gasteiger partial charge in [-0.1, -0.05) is 17.8 Å². The molecule has 1 saturated heterocycles. The number of alkyl halides is 3. The Kier molecular flexibility index (Phi) is 5.31. The Labute approximate surface area is 168 Å². The number of amides is 1. The number of halogens is 3. The lowest BCUT2D eigenvalue weighted by molar-refractivity contribution is -0.137. The van der Waals surface area contributed by atoms with Gasteiger partial charge < -0.3 is 9.80 Å². The Balaban J connectivity index is 1.31. The zero-order valence-corrected chi connectivity index (χ0v) is 16.0. The molecule has 11 heteroatoms. The van der Waals surface area contributed by atoms with E-state index in [1.165, 1.54) is 17.8 Å². The molecule has 0 unspecified atom stereocenters. The van der Waals surface area contributed by atoms with E-state index in [1.54, 1.807) is 33.9 Å². The second-order valence-corrected chi connectivity index (χ2v) is 7.41. The molecule has 4 rings (SSSR count). The van der Waals surface area contributed by atoms with Gasteiger partial charge in [0.2, 0.25) is 11.1 Å². The molecule has 1 fully saturated rings. The summed E-state index contributed by atoms with van der Waals surface area (Å²) in [5, 5.41) is 4.72. The predicted octanol–water partition coefficient (Wildman–Crippen LogP) is 2.58. The maximum atomic E-state index is 12.9. The molecule has 0 spiro atoms. The summed E-state index contributed by atoms with van der Waals surface area (Å²) in [4.78, 5) is 24.4. The Morgan fingerprint density at radius 2 is 1.93 bits per heavy atom. The van der Waals surface area contributed by atoms with Gasteiger partial charge in [0.1, 0.15) is 0 Å². The van der Waals surface area contributed by atoms with Crippen LogP contribution in [0.15, 0.2) is 47.9 Å². The van der Waals surface area contributed by atoms with Crippen molar-refractivity contribution in [1.29, 1.82) is 0 Å². The SMILES string of the molecule is O=C(CSc1nc2ncccn2n1)N1CCN(c2cccc(C(F)(F)F)c2)CC1. The summed E-state index contributed by atoms with van der Waals surface area (Å²) in [6.07, 6.45) is -1.02. The van der Waals surface area contributed by atoms with Gasteiger partial charge in [-0.05, 0) is 24.3 Å². The zero-order chi connectivity index (χ0) is 20.4. The maximum Gasteiger partial charge on any atom is 0.416 e. The van der Waals surface area contributed by atoms with Crippen molar-refractivity contribution in [3.63, 3.8) is 0 Å². The first kappa shape index (κ1) is 19.5. The van der Waals surface area contributed by atoms with E-state index in [-0.39, 0.29) is 11.7 Å². The lowest BCUT2D eigenvalue weighted by Gasteiger charge is -2.36. The molecule has 1 amide bonds. The van der Waals surface area contributed by atoms with Crippen molar-refractivity contribution in [2.75, 3.05) is 36.8 Å². The number of carbonyl (C=O) groups excluding carboxylic acids is 1. The maximum absolute atomic E-state index is 12.9. The second kappa shape index (κ2) is 7.90. The van der Waals surface area contributed by atoms with Crippen LogP contribution in [0, 0.1) is 0 Å². The molecule has 0 atom stereocenters. The van der Waals surface area contributed by atoms with E-state index in [0.717, 1.165) is 12.1 Å². The number of hydrogen-bond donors (Lipinski definition) is 0. The van der Waals surface area contributed by atoms with Crippen LogP contribution in [0.2, 0.25) is 0 Å². The number of benzene rings is 1. The highest BCUT2D eigenvalue weighted by Gasteiger charge is 2.31. The molecular weight excluding hydrogens is 405 g/mol. The molecule has 1 aliphatic heterocycles. The molecule has 1 aliphatic rings. The highest BCUT2D eigenvalue weighted by atomic mass is 32.2. The third-order valence-electron chi connectivity index (χ3n) is 4.59. The van der Waals surface area contributed by atoms with E-state index < -0.39 is 11.7 Å². The number of anilines is 1. The number of piperazine rings is 1. The van der Waals surface area contributed by atoms with E-state index in [4.69, 9.17) is 0 Å². The average Bonchev–Trinajstić information content (AvgIpc) is 3.15. The molecule has 1 aromatic carbocycles. The van der Waals surface area contributed by atoms with Gasteiger partial charge in [-0.2, -0.15) is 18.2 Å². The second-order valence-electron chi connectivity index (χ2n) is 6.46. The van der Waals surface area contributed by atoms with Crippen LogP contribution < -0.4 is 4.90 Å². The molecule has 3 heterocycles. The summed E-state index contributed by atoms with van der Waals surface area (Å²) >= 11 is 1.24. The van der Waals surface area contributed by atoms with Crippen molar-refractivity contribution < 1.29 is 18.0 Å². The van der Waals surface area contributed by atoms with Gasteiger partial charge >= 0.3 is 6.18 Å². The third-order valence-corrected chi connectivity index (χ3v) is 5.42. The highest BCUT2D eigenvalue weighted by molar-refractivity contribution is 7.99. The minimum atomic E-state index is -4.37. The molecule has 152 valence electrons. The zero-order valence-electron chi connectivity index (χ0n) is 15.2. The summed E-state index contributed by atoms with van der Waals surface area (Å²) in [7, 11) is 0. The van der Waals surface area contributed by atoms with Crippen molar-refractivity contribution in [3.05, 3.63) is 48.3 Å². The fourth-order valence-corrected chi connectivity index (χ4v) is 3.81. The minimum absolute atomic E-state index is 0.0505. The van der Waals surface area contributed by atoms with E-state index in [9.17, 15) is 18.0 Å². The van der Waals surface area contributed by atoms with Gasteiger partial charge in [0.05, 0.1) is 11.3 Å². The lowest BCUT2D eigenvalue weighted by atomic mass is 10.1. The number of carbonyl (C=O) groups is 1. The van der Waals surface area contributed by atoms with Crippen LogP contribution in [-0.4, -0.2) is 62.3 Å². The molecule has 2 aromatic heterocycles. The van der Waals surface area contributed by atoms with E-state index in [1.807, 2.05) is 4.90 Å². The molecule has 29 heavy (non-hydrogen) atoms. The van der Waals surface area contributed by atoms with Crippen LogP contribution in [-0.2, 0) is 11.0 Å². The molecule has 0 saturated carbocycles. The van der Waals surface area contributed by atoms with Gasteiger partial charge in [-0.25, -0.2) is 9.50 Å². The number of aromatic nitrogens is 4. The summed E-state index contributed by atoms with van der Waals surface area (Å²) < 4.78 is 40.3. The van der Waals surface area contributed by atoms with Gasteiger partial charge in [-0.15, -0.1) is 5.10 Å². The first-order valence-corrected chi connectivity index (χ1v) is 9.89. The monoisotopic (exact) mass is 422 g/mol.